The van der Waals surface area contributed by atoms with Crippen LogP contribution in [0.3, 0.4) is 0 Å². The van der Waals surface area contributed by atoms with Crippen LogP contribution in [0.5, 0.6) is 0 Å². The minimum Gasteiger partial charge on any atom is -0.381 e. The van der Waals surface area contributed by atoms with E-state index in [0.29, 0.717) is 10.4 Å². The summed E-state index contributed by atoms with van der Waals surface area (Å²) < 4.78 is 18.9. The molecule has 0 bridgehead atoms. The molecular weight excluding hydrogens is 285 g/mol. The minimum atomic E-state index is -0.230. The highest BCUT2D eigenvalue weighted by molar-refractivity contribution is 9.10. The molecule has 94 valence electrons. The van der Waals surface area contributed by atoms with E-state index < -0.39 is 0 Å². The third-order valence-corrected chi connectivity index (χ3v) is 3.75. The lowest BCUT2D eigenvalue weighted by Crippen LogP contribution is -2.26. The van der Waals surface area contributed by atoms with Crippen molar-refractivity contribution in [2.75, 3.05) is 13.2 Å². The molecule has 1 aromatic carbocycles. The highest BCUT2D eigenvalue weighted by Gasteiger charge is 2.19. The Balaban J connectivity index is 1.88. The summed E-state index contributed by atoms with van der Waals surface area (Å²) in [6.45, 7) is 1.69. The van der Waals surface area contributed by atoms with Gasteiger partial charge in [0.05, 0.1) is 4.47 Å². The Bertz CT molecular complexity index is 380. The topological polar surface area (TPSA) is 35.2 Å². The average molecular weight is 302 g/mol. The van der Waals surface area contributed by atoms with Crippen molar-refractivity contribution in [3.05, 3.63) is 34.1 Å². The van der Waals surface area contributed by atoms with Crippen LogP contribution in [0.15, 0.2) is 22.7 Å². The zero-order chi connectivity index (χ0) is 12.3. The third kappa shape index (κ3) is 3.76. The Morgan fingerprint density at radius 1 is 1.53 bits per heavy atom. The van der Waals surface area contributed by atoms with Crippen LogP contribution >= 0.6 is 15.9 Å². The maximum absolute atomic E-state index is 13.1. The highest BCUT2D eigenvalue weighted by Crippen LogP contribution is 2.21. The standard InChI is InChI=1S/C13H17BrFNO/c14-12-7-9(1-2-13(12)15)5-11(16)6-10-3-4-17-8-10/h1-2,7,10-11H,3-6,8,16H2. The maximum atomic E-state index is 13.1. The van der Waals surface area contributed by atoms with Gasteiger partial charge in [0.2, 0.25) is 0 Å². The zero-order valence-corrected chi connectivity index (χ0v) is 11.2. The second kappa shape index (κ2) is 5.94. The van der Waals surface area contributed by atoms with Gasteiger partial charge in [-0.1, -0.05) is 6.07 Å². The Morgan fingerprint density at radius 2 is 2.35 bits per heavy atom. The summed E-state index contributed by atoms with van der Waals surface area (Å²) in [5.74, 6) is 0.361. The van der Waals surface area contributed by atoms with Crippen molar-refractivity contribution in [2.24, 2.45) is 11.7 Å². The van der Waals surface area contributed by atoms with Crippen LogP contribution in [0, 0.1) is 11.7 Å². The number of rotatable bonds is 4. The molecule has 1 heterocycles. The van der Waals surface area contributed by atoms with E-state index in [9.17, 15) is 4.39 Å². The van der Waals surface area contributed by atoms with E-state index in [1.807, 2.05) is 0 Å². The first-order valence-electron chi connectivity index (χ1n) is 5.92. The normalized spacial score (nSPS) is 21.7. The van der Waals surface area contributed by atoms with Gasteiger partial charge in [0, 0.05) is 19.3 Å². The van der Waals surface area contributed by atoms with E-state index in [2.05, 4.69) is 15.9 Å². The Labute approximate surface area is 109 Å². The minimum absolute atomic E-state index is 0.124. The number of nitrogens with two attached hydrogens (primary N) is 1. The van der Waals surface area contributed by atoms with Crippen LogP contribution in [-0.4, -0.2) is 19.3 Å². The molecule has 2 nitrogen and oxygen atoms in total. The fourth-order valence-corrected chi connectivity index (χ4v) is 2.68. The van der Waals surface area contributed by atoms with Gasteiger partial charge >= 0.3 is 0 Å². The summed E-state index contributed by atoms with van der Waals surface area (Å²) in [5.41, 5.74) is 7.18. The molecular formula is C13H17BrFNO. The smallest absolute Gasteiger partial charge is 0.137 e. The first kappa shape index (κ1) is 13.0. The number of hydrogen-bond donors (Lipinski definition) is 1. The Morgan fingerprint density at radius 3 is 3.00 bits per heavy atom. The first-order chi connectivity index (χ1) is 8.15. The predicted molar refractivity (Wildman–Crippen MR) is 69.3 cm³/mol. The number of benzene rings is 1. The van der Waals surface area contributed by atoms with Gasteiger partial charge in [-0.05, 0) is 58.8 Å². The molecule has 0 radical (unpaired) electrons. The summed E-state index contributed by atoms with van der Waals surface area (Å²) in [4.78, 5) is 0. The van der Waals surface area contributed by atoms with Crippen LogP contribution in [0.2, 0.25) is 0 Å². The second-order valence-electron chi connectivity index (χ2n) is 4.68. The molecule has 0 aliphatic carbocycles. The van der Waals surface area contributed by atoms with Gasteiger partial charge in [-0.3, -0.25) is 0 Å². The summed E-state index contributed by atoms with van der Waals surface area (Å²) in [5, 5.41) is 0. The summed E-state index contributed by atoms with van der Waals surface area (Å²) in [6.07, 6.45) is 2.88. The molecule has 0 spiro atoms. The van der Waals surface area contributed by atoms with E-state index in [4.69, 9.17) is 10.5 Å². The van der Waals surface area contributed by atoms with Gasteiger partial charge in [0.25, 0.3) is 0 Å². The third-order valence-electron chi connectivity index (χ3n) is 3.14. The molecule has 2 atom stereocenters. The lowest BCUT2D eigenvalue weighted by Gasteiger charge is -2.15. The van der Waals surface area contributed by atoms with Crippen LogP contribution in [0.4, 0.5) is 4.39 Å². The molecule has 2 rings (SSSR count). The summed E-state index contributed by atoms with van der Waals surface area (Å²) in [7, 11) is 0. The fraction of sp³-hybridized carbons (Fsp3) is 0.538. The molecule has 1 aromatic rings. The van der Waals surface area contributed by atoms with Crippen molar-refractivity contribution in [2.45, 2.75) is 25.3 Å². The van der Waals surface area contributed by atoms with Crippen molar-refractivity contribution in [3.63, 3.8) is 0 Å². The lowest BCUT2D eigenvalue weighted by molar-refractivity contribution is 0.182. The molecule has 17 heavy (non-hydrogen) atoms. The molecule has 2 N–H and O–H groups in total. The van der Waals surface area contributed by atoms with Gasteiger partial charge in [-0.15, -0.1) is 0 Å². The zero-order valence-electron chi connectivity index (χ0n) is 9.66. The number of ether oxygens (including phenoxy) is 1. The van der Waals surface area contributed by atoms with Crippen LogP contribution in [0.25, 0.3) is 0 Å². The largest absolute Gasteiger partial charge is 0.381 e. The van der Waals surface area contributed by atoms with E-state index in [-0.39, 0.29) is 11.9 Å². The summed E-state index contributed by atoms with van der Waals surface area (Å²) >= 11 is 3.19. The maximum Gasteiger partial charge on any atom is 0.137 e. The highest BCUT2D eigenvalue weighted by atomic mass is 79.9. The molecule has 1 fully saturated rings. The second-order valence-corrected chi connectivity index (χ2v) is 5.53. The van der Waals surface area contributed by atoms with Crippen molar-refractivity contribution in [1.82, 2.24) is 0 Å². The molecule has 1 saturated heterocycles. The van der Waals surface area contributed by atoms with Gasteiger partial charge in [0.15, 0.2) is 0 Å². The Kier molecular flexibility index (Phi) is 4.54. The molecule has 1 aliphatic heterocycles. The molecule has 0 saturated carbocycles. The van der Waals surface area contributed by atoms with Gasteiger partial charge in [-0.25, -0.2) is 4.39 Å². The molecule has 0 amide bonds. The van der Waals surface area contributed by atoms with E-state index in [1.54, 1.807) is 12.1 Å². The van der Waals surface area contributed by atoms with Crippen molar-refractivity contribution < 1.29 is 9.13 Å². The first-order valence-corrected chi connectivity index (χ1v) is 6.71. The van der Waals surface area contributed by atoms with Crippen LogP contribution in [0.1, 0.15) is 18.4 Å². The quantitative estimate of drug-likeness (QED) is 0.928. The average Bonchev–Trinajstić information content (AvgIpc) is 2.76. The van der Waals surface area contributed by atoms with E-state index in [1.165, 1.54) is 6.07 Å². The van der Waals surface area contributed by atoms with Gasteiger partial charge < -0.3 is 10.5 Å². The van der Waals surface area contributed by atoms with Crippen LogP contribution in [-0.2, 0) is 11.2 Å². The molecule has 2 unspecified atom stereocenters. The number of halogens is 2. The SMILES string of the molecule is NC(Cc1ccc(F)c(Br)c1)CC1CCOC1. The fourth-order valence-electron chi connectivity index (χ4n) is 2.25. The van der Waals surface area contributed by atoms with Gasteiger partial charge in [-0.2, -0.15) is 0 Å². The van der Waals surface area contributed by atoms with Crippen molar-refractivity contribution >= 4 is 15.9 Å². The summed E-state index contributed by atoms with van der Waals surface area (Å²) in [6, 6.07) is 5.20. The van der Waals surface area contributed by atoms with Crippen LogP contribution < -0.4 is 5.73 Å². The predicted octanol–water partition coefficient (Wildman–Crippen LogP) is 2.88. The molecule has 0 aromatic heterocycles. The van der Waals surface area contributed by atoms with Gasteiger partial charge in [0.1, 0.15) is 5.82 Å². The van der Waals surface area contributed by atoms with E-state index in [0.717, 1.165) is 38.0 Å². The van der Waals surface area contributed by atoms with E-state index >= 15 is 0 Å². The van der Waals surface area contributed by atoms with Crippen molar-refractivity contribution in [3.8, 4) is 0 Å². The monoisotopic (exact) mass is 301 g/mol. The van der Waals surface area contributed by atoms with Crippen molar-refractivity contribution in [1.29, 1.82) is 0 Å². The molecule has 4 heteroatoms. The molecule has 1 aliphatic rings. The lowest BCUT2D eigenvalue weighted by atomic mass is 9.95. The Hall–Kier alpha value is -0.450. The number of hydrogen-bond acceptors (Lipinski definition) is 2.